The Morgan fingerprint density at radius 3 is 2.55 bits per heavy atom. The zero-order valence-corrected chi connectivity index (χ0v) is 13.5. The van der Waals surface area contributed by atoms with Crippen molar-refractivity contribution in [1.82, 2.24) is 5.32 Å². The number of hydrogen-bond acceptors (Lipinski definition) is 4. The third-order valence-electron chi connectivity index (χ3n) is 3.49. The molecule has 2 amide bonds. The Kier molecular flexibility index (Phi) is 5.55. The van der Waals surface area contributed by atoms with E-state index in [-0.39, 0.29) is 18.2 Å². The van der Waals surface area contributed by atoms with Crippen molar-refractivity contribution in [1.29, 1.82) is 0 Å². The molecule has 1 atom stereocenters. The van der Waals surface area contributed by atoms with E-state index in [1.54, 1.807) is 24.3 Å². The molecule has 1 heterocycles. The van der Waals surface area contributed by atoms with E-state index in [0.717, 1.165) is 18.7 Å². The molecule has 0 saturated carbocycles. The fourth-order valence-electron chi connectivity index (χ4n) is 2.35. The first-order chi connectivity index (χ1) is 10.5. The smallest absolute Gasteiger partial charge is 0.251 e. The van der Waals surface area contributed by atoms with Crippen molar-refractivity contribution < 1.29 is 14.3 Å². The average molecular weight is 304 g/mol. The van der Waals surface area contributed by atoms with Crippen LogP contribution >= 0.6 is 0 Å². The predicted molar refractivity (Wildman–Crippen MR) is 86.0 cm³/mol. The van der Waals surface area contributed by atoms with Crippen LogP contribution in [0.3, 0.4) is 0 Å². The van der Waals surface area contributed by atoms with Crippen molar-refractivity contribution in [3.05, 3.63) is 24.3 Å². The summed E-state index contributed by atoms with van der Waals surface area (Å²) in [5.41, 5.74) is 0.604. The molecule has 0 radical (unpaired) electrons. The first-order valence-electron chi connectivity index (χ1n) is 7.86. The molecule has 5 nitrogen and oxygen atoms in total. The number of imide groups is 1. The monoisotopic (exact) mass is 304 g/mol. The summed E-state index contributed by atoms with van der Waals surface area (Å²) in [5.74, 6) is 0.854. The molecule has 1 aliphatic heterocycles. The number of ether oxygens (including phenoxy) is 1. The molecular weight excluding hydrogens is 280 g/mol. The van der Waals surface area contributed by atoms with Gasteiger partial charge in [-0.2, -0.15) is 0 Å². The van der Waals surface area contributed by atoms with E-state index in [4.69, 9.17) is 4.74 Å². The zero-order chi connectivity index (χ0) is 16.1. The minimum Gasteiger partial charge on any atom is -0.494 e. The summed E-state index contributed by atoms with van der Waals surface area (Å²) in [6, 6.07) is 6.68. The maximum Gasteiger partial charge on any atom is 0.251 e. The lowest BCUT2D eigenvalue weighted by atomic mass is 10.2. The van der Waals surface area contributed by atoms with Crippen LogP contribution in [0.2, 0.25) is 0 Å². The lowest BCUT2D eigenvalue weighted by molar-refractivity contribution is -0.121. The van der Waals surface area contributed by atoms with Gasteiger partial charge in [-0.1, -0.05) is 20.8 Å². The third kappa shape index (κ3) is 3.85. The van der Waals surface area contributed by atoms with E-state index in [1.807, 2.05) is 6.92 Å². The minimum atomic E-state index is -0.411. The van der Waals surface area contributed by atoms with Gasteiger partial charge in [0.1, 0.15) is 5.75 Å². The Bertz CT molecular complexity index is 525. The van der Waals surface area contributed by atoms with Crippen molar-refractivity contribution >= 4 is 17.5 Å². The number of nitrogens with one attached hydrogen (secondary N) is 1. The lowest BCUT2D eigenvalue weighted by Gasteiger charge is -2.16. The van der Waals surface area contributed by atoms with E-state index in [9.17, 15) is 9.59 Å². The average Bonchev–Trinajstić information content (AvgIpc) is 2.78. The summed E-state index contributed by atoms with van der Waals surface area (Å²) in [4.78, 5) is 25.8. The van der Waals surface area contributed by atoms with Gasteiger partial charge in [-0.25, -0.2) is 4.90 Å². The van der Waals surface area contributed by atoms with Crippen molar-refractivity contribution in [3.8, 4) is 5.75 Å². The molecule has 1 N–H and O–H groups in total. The number of benzene rings is 1. The van der Waals surface area contributed by atoms with E-state index in [1.165, 1.54) is 4.90 Å². The summed E-state index contributed by atoms with van der Waals surface area (Å²) in [6.07, 6.45) is 1.16. The molecule has 5 heteroatoms. The standard InChI is InChI=1S/C17H24N2O3/c1-4-9-22-14-7-5-13(6-8-14)19-16(20)10-15(17(19)21)18-11-12(2)3/h5-8,12,15,18H,4,9-11H2,1-3H3/t15-/m0/s1. The summed E-state index contributed by atoms with van der Waals surface area (Å²) in [6.45, 7) is 7.56. The number of nitrogens with zero attached hydrogens (tertiary/aromatic N) is 1. The molecule has 2 rings (SSSR count). The minimum absolute atomic E-state index is 0.159. The van der Waals surface area contributed by atoms with Crippen LogP contribution in [-0.2, 0) is 9.59 Å². The van der Waals surface area contributed by atoms with Crippen LogP contribution in [0, 0.1) is 5.92 Å². The molecule has 0 spiro atoms. The van der Waals surface area contributed by atoms with E-state index in [0.29, 0.717) is 18.2 Å². The Morgan fingerprint density at radius 1 is 1.27 bits per heavy atom. The quantitative estimate of drug-likeness (QED) is 0.786. The van der Waals surface area contributed by atoms with Gasteiger partial charge >= 0.3 is 0 Å². The number of anilines is 1. The summed E-state index contributed by atoms with van der Waals surface area (Å²) < 4.78 is 5.51. The van der Waals surface area contributed by atoms with E-state index < -0.39 is 6.04 Å². The molecule has 0 aliphatic carbocycles. The van der Waals surface area contributed by atoms with Crippen LogP contribution in [0.1, 0.15) is 33.6 Å². The summed E-state index contributed by atoms with van der Waals surface area (Å²) in [7, 11) is 0. The Morgan fingerprint density at radius 2 is 1.95 bits per heavy atom. The zero-order valence-electron chi connectivity index (χ0n) is 13.5. The first kappa shape index (κ1) is 16.5. The third-order valence-corrected chi connectivity index (χ3v) is 3.49. The van der Waals surface area contributed by atoms with Crippen LogP contribution in [0.5, 0.6) is 5.75 Å². The van der Waals surface area contributed by atoms with Gasteiger partial charge in [-0.15, -0.1) is 0 Å². The van der Waals surface area contributed by atoms with Gasteiger partial charge in [0.2, 0.25) is 5.91 Å². The molecule has 1 aliphatic rings. The first-order valence-corrected chi connectivity index (χ1v) is 7.86. The van der Waals surface area contributed by atoms with Crippen molar-refractivity contribution in [3.63, 3.8) is 0 Å². The number of carbonyl (C=O) groups excluding carboxylic acids is 2. The number of carbonyl (C=O) groups is 2. The van der Waals surface area contributed by atoms with Crippen LogP contribution in [-0.4, -0.2) is 31.0 Å². The molecule has 120 valence electrons. The topological polar surface area (TPSA) is 58.6 Å². The fraction of sp³-hybridized carbons (Fsp3) is 0.529. The molecule has 0 aromatic heterocycles. The van der Waals surface area contributed by atoms with Gasteiger partial charge < -0.3 is 10.1 Å². The molecule has 22 heavy (non-hydrogen) atoms. The normalized spacial score (nSPS) is 18.4. The Balaban J connectivity index is 2.05. The van der Waals surface area contributed by atoms with Gasteiger partial charge in [0.05, 0.1) is 24.8 Å². The molecule has 0 bridgehead atoms. The van der Waals surface area contributed by atoms with Gasteiger partial charge in [0, 0.05) is 0 Å². The van der Waals surface area contributed by atoms with Crippen molar-refractivity contribution in [2.45, 2.75) is 39.7 Å². The molecule has 1 saturated heterocycles. The number of amides is 2. The highest BCUT2D eigenvalue weighted by atomic mass is 16.5. The van der Waals surface area contributed by atoms with Crippen molar-refractivity contribution in [2.24, 2.45) is 5.92 Å². The lowest BCUT2D eigenvalue weighted by Crippen LogP contribution is -2.40. The predicted octanol–water partition coefficient (Wildman–Crippen LogP) is 2.35. The van der Waals surface area contributed by atoms with Crippen LogP contribution in [0.15, 0.2) is 24.3 Å². The second-order valence-electron chi connectivity index (χ2n) is 5.97. The SMILES string of the molecule is CCCOc1ccc(N2C(=O)C[C@H](NCC(C)C)C2=O)cc1. The highest BCUT2D eigenvalue weighted by molar-refractivity contribution is 6.22. The molecular formula is C17H24N2O3. The maximum absolute atomic E-state index is 12.4. The van der Waals surface area contributed by atoms with E-state index >= 15 is 0 Å². The van der Waals surface area contributed by atoms with Crippen molar-refractivity contribution in [2.75, 3.05) is 18.1 Å². The Hall–Kier alpha value is -1.88. The highest BCUT2D eigenvalue weighted by Gasteiger charge is 2.39. The highest BCUT2D eigenvalue weighted by Crippen LogP contribution is 2.25. The van der Waals surface area contributed by atoms with Crippen LogP contribution in [0.25, 0.3) is 0 Å². The molecule has 1 aromatic rings. The summed E-state index contributed by atoms with van der Waals surface area (Å²) in [5, 5.41) is 3.16. The van der Waals surface area contributed by atoms with Gasteiger partial charge in [-0.05, 0) is 43.1 Å². The molecule has 1 aromatic carbocycles. The fourth-order valence-corrected chi connectivity index (χ4v) is 2.35. The van der Waals surface area contributed by atoms with Gasteiger partial charge in [0.25, 0.3) is 5.91 Å². The van der Waals surface area contributed by atoms with E-state index in [2.05, 4.69) is 19.2 Å². The molecule has 1 fully saturated rings. The maximum atomic E-state index is 12.4. The summed E-state index contributed by atoms with van der Waals surface area (Å²) >= 11 is 0. The number of hydrogen-bond donors (Lipinski definition) is 1. The largest absolute Gasteiger partial charge is 0.494 e. The second kappa shape index (κ2) is 7.40. The van der Waals surface area contributed by atoms with Crippen LogP contribution < -0.4 is 15.0 Å². The molecule has 0 unspecified atom stereocenters. The van der Waals surface area contributed by atoms with Gasteiger partial charge in [0.15, 0.2) is 0 Å². The van der Waals surface area contributed by atoms with Crippen LogP contribution in [0.4, 0.5) is 5.69 Å². The number of rotatable bonds is 7. The second-order valence-corrected chi connectivity index (χ2v) is 5.97. The Labute approximate surface area is 131 Å². The van der Waals surface area contributed by atoms with Gasteiger partial charge in [-0.3, -0.25) is 9.59 Å².